The fraction of sp³-hybridized carbons (Fsp3) is 0.333. The average Bonchev–Trinajstić information content (AvgIpc) is 2.96. The lowest BCUT2D eigenvalue weighted by Crippen LogP contribution is -2.34. The smallest absolute Gasteiger partial charge is 0.0660 e. The summed E-state index contributed by atoms with van der Waals surface area (Å²) in [6.45, 7) is 3.20. The van der Waals surface area contributed by atoms with Crippen LogP contribution in [0.4, 0.5) is 11.4 Å². The number of nitrogens with zero attached hydrogens (tertiary/aromatic N) is 2. The summed E-state index contributed by atoms with van der Waals surface area (Å²) in [6, 6.07) is 16.9. The van der Waals surface area contributed by atoms with Gasteiger partial charge in [-0.15, -0.1) is 0 Å². The van der Waals surface area contributed by atoms with Crippen LogP contribution in [-0.2, 0) is 6.54 Å². The summed E-state index contributed by atoms with van der Waals surface area (Å²) in [7, 11) is 2.12. The molecule has 0 bridgehead atoms. The van der Waals surface area contributed by atoms with E-state index in [2.05, 4.69) is 47.2 Å². The van der Waals surface area contributed by atoms with Crippen molar-refractivity contribution in [2.45, 2.75) is 19.0 Å². The van der Waals surface area contributed by atoms with E-state index in [1.54, 1.807) is 0 Å². The molecule has 0 aromatic heterocycles. The fourth-order valence-electron chi connectivity index (χ4n) is 3.12. The van der Waals surface area contributed by atoms with E-state index in [-0.39, 0.29) is 0 Å². The summed E-state index contributed by atoms with van der Waals surface area (Å²) >= 11 is 6.33. The predicted molar refractivity (Wildman–Crippen MR) is 94.4 cm³/mol. The number of hydrogen-bond donors (Lipinski definition) is 1. The van der Waals surface area contributed by atoms with E-state index in [1.807, 2.05) is 18.2 Å². The lowest BCUT2D eigenvalue weighted by atomic mass is 10.2. The minimum absolute atomic E-state index is 0.491. The molecule has 0 amide bonds. The zero-order valence-corrected chi connectivity index (χ0v) is 13.6. The molecule has 2 aromatic rings. The van der Waals surface area contributed by atoms with Gasteiger partial charge in [0.05, 0.1) is 10.7 Å². The van der Waals surface area contributed by atoms with Gasteiger partial charge >= 0.3 is 0 Å². The largest absolute Gasteiger partial charge is 0.399 e. The second kappa shape index (κ2) is 6.59. The first-order chi connectivity index (χ1) is 10.6. The van der Waals surface area contributed by atoms with E-state index in [9.17, 15) is 0 Å². The standard InChI is InChI=1S/C18H22ClN3/c1-21(18-8-7-15(20)11-17(18)19)16-9-10-22(13-16)12-14-5-3-2-4-6-14/h2-8,11,16H,9-10,12-13,20H2,1H3. The van der Waals surface area contributed by atoms with Gasteiger partial charge in [-0.1, -0.05) is 41.9 Å². The zero-order valence-electron chi connectivity index (χ0n) is 12.9. The number of anilines is 2. The Morgan fingerprint density at radius 1 is 1.23 bits per heavy atom. The van der Waals surface area contributed by atoms with Crippen molar-refractivity contribution in [3.63, 3.8) is 0 Å². The van der Waals surface area contributed by atoms with Crippen LogP contribution < -0.4 is 10.6 Å². The van der Waals surface area contributed by atoms with E-state index < -0.39 is 0 Å². The number of likely N-dealkylation sites (tertiary alicyclic amines) is 1. The molecule has 3 rings (SSSR count). The van der Waals surface area contributed by atoms with Gasteiger partial charge in [0, 0.05) is 38.4 Å². The van der Waals surface area contributed by atoms with Crippen LogP contribution in [0.2, 0.25) is 5.02 Å². The topological polar surface area (TPSA) is 32.5 Å². The van der Waals surface area contributed by atoms with E-state index >= 15 is 0 Å². The molecule has 1 aliphatic rings. The van der Waals surface area contributed by atoms with Gasteiger partial charge in [0.15, 0.2) is 0 Å². The summed E-state index contributed by atoms with van der Waals surface area (Å²) in [5.41, 5.74) is 8.91. The van der Waals surface area contributed by atoms with E-state index in [0.717, 1.165) is 36.8 Å². The molecule has 2 aromatic carbocycles. The second-order valence-electron chi connectivity index (χ2n) is 5.98. The second-order valence-corrected chi connectivity index (χ2v) is 6.39. The Morgan fingerprint density at radius 3 is 2.73 bits per heavy atom. The van der Waals surface area contributed by atoms with Crippen molar-refractivity contribution >= 4 is 23.0 Å². The van der Waals surface area contributed by atoms with Crippen LogP contribution >= 0.6 is 11.6 Å². The number of halogens is 1. The summed E-state index contributed by atoms with van der Waals surface area (Å²) in [5, 5.41) is 0.726. The first-order valence-corrected chi connectivity index (χ1v) is 8.05. The third-order valence-electron chi connectivity index (χ3n) is 4.40. The third-order valence-corrected chi connectivity index (χ3v) is 4.70. The summed E-state index contributed by atoms with van der Waals surface area (Å²) in [4.78, 5) is 4.79. The summed E-state index contributed by atoms with van der Waals surface area (Å²) in [6.07, 6.45) is 1.16. The molecule has 1 atom stereocenters. The van der Waals surface area contributed by atoms with Gasteiger partial charge in [0.1, 0.15) is 0 Å². The van der Waals surface area contributed by atoms with Gasteiger partial charge in [-0.25, -0.2) is 0 Å². The molecule has 1 saturated heterocycles. The maximum atomic E-state index is 6.33. The summed E-state index contributed by atoms with van der Waals surface area (Å²) in [5.74, 6) is 0. The van der Waals surface area contributed by atoms with Gasteiger partial charge in [-0.3, -0.25) is 4.90 Å². The molecule has 1 aliphatic heterocycles. The molecule has 2 N–H and O–H groups in total. The average molecular weight is 316 g/mol. The van der Waals surface area contributed by atoms with Crippen LogP contribution in [0, 0.1) is 0 Å². The van der Waals surface area contributed by atoms with Gasteiger partial charge in [0.2, 0.25) is 0 Å². The Bertz CT molecular complexity index is 629. The minimum atomic E-state index is 0.491. The number of likely N-dealkylation sites (N-methyl/N-ethyl adjacent to an activating group) is 1. The molecule has 4 heteroatoms. The van der Waals surface area contributed by atoms with Crippen LogP contribution in [0.3, 0.4) is 0 Å². The Balaban J connectivity index is 1.64. The molecular formula is C18H22ClN3. The Labute approximate surface area is 137 Å². The van der Waals surface area contributed by atoms with Crippen LogP contribution in [0.1, 0.15) is 12.0 Å². The lowest BCUT2D eigenvalue weighted by molar-refractivity contribution is 0.326. The van der Waals surface area contributed by atoms with Crippen molar-refractivity contribution in [1.82, 2.24) is 4.90 Å². The molecule has 0 saturated carbocycles. The predicted octanol–water partition coefficient (Wildman–Crippen LogP) is 3.63. The Morgan fingerprint density at radius 2 is 2.00 bits per heavy atom. The van der Waals surface area contributed by atoms with Gasteiger partial charge in [-0.05, 0) is 30.2 Å². The maximum Gasteiger partial charge on any atom is 0.0660 e. The van der Waals surface area contributed by atoms with Crippen molar-refractivity contribution in [2.75, 3.05) is 30.8 Å². The molecule has 116 valence electrons. The number of hydrogen-bond acceptors (Lipinski definition) is 3. The summed E-state index contributed by atoms with van der Waals surface area (Å²) < 4.78 is 0. The van der Waals surface area contributed by atoms with E-state index in [0.29, 0.717) is 11.7 Å². The van der Waals surface area contributed by atoms with Gasteiger partial charge < -0.3 is 10.6 Å². The van der Waals surface area contributed by atoms with Gasteiger partial charge in [-0.2, -0.15) is 0 Å². The first-order valence-electron chi connectivity index (χ1n) is 7.67. The van der Waals surface area contributed by atoms with Crippen molar-refractivity contribution in [3.8, 4) is 0 Å². The highest BCUT2D eigenvalue weighted by molar-refractivity contribution is 6.33. The van der Waals surface area contributed by atoms with Crippen LogP contribution in [0.15, 0.2) is 48.5 Å². The fourth-order valence-corrected chi connectivity index (χ4v) is 3.44. The number of nitrogen functional groups attached to an aromatic ring is 1. The molecule has 0 aliphatic carbocycles. The Hall–Kier alpha value is -1.71. The SMILES string of the molecule is CN(c1ccc(N)cc1Cl)C1CCN(Cc2ccccc2)C1. The first kappa shape index (κ1) is 15.2. The van der Waals surface area contributed by atoms with Crippen molar-refractivity contribution in [3.05, 3.63) is 59.1 Å². The van der Waals surface area contributed by atoms with E-state index in [1.165, 1.54) is 5.56 Å². The van der Waals surface area contributed by atoms with Crippen molar-refractivity contribution < 1.29 is 0 Å². The van der Waals surface area contributed by atoms with Crippen LogP contribution in [0.25, 0.3) is 0 Å². The molecular weight excluding hydrogens is 294 g/mol. The minimum Gasteiger partial charge on any atom is -0.399 e. The zero-order chi connectivity index (χ0) is 15.5. The number of benzene rings is 2. The molecule has 1 heterocycles. The van der Waals surface area contributed by atoms with E-state index in [4.69, 9.17) is 17.3 Å². The van der Waals surface area contributed by atoms with Crippen molar-refractivity contribution in [2.24, 2.45) is 0 Å². The van der Waals surface area contributed by atoms with Crippen LogP contribution in [0.5, 0.6) is 0 Å². The van der Waals surface area contributed by atoms with Gasteiger partial charge in [0.25, 0.3) is 0 Å². The molecule has 22 heavy (non-hydrogen) atoms. The van der Waals surface area contributed by atoms with Crippen LogP contribution in [-0.4, -0.2) is 31.1 Å². The number of rotatable bonds is 4. The highest BCUT2D eigenvalue weighted by Gasteiger charge is 2.26. The molecule has 1 unspecified atom stereocenters. The third kappa shape index (κ3) is 3.37. The molecule has 3 nitrogen and oxygen atoms in total. The molecule has 0 radical (unpaired) electrons. The number of nitrogens with two attached hydrogens (primary N) is 1. The molecule has 1 fully saturated rings. The molecule has 0 spiro atoms. The monoisotopic (exact) mass is 315 g/mol. The lowest BCUT2D eigenvalue weighted by Gasteiger charge is -2.28. The van der Waals surface area contributed by atoms with Crippen molar-refractivity contribution in [1.29, 1.82) is 0 Å². The quantitative estimate of drug-likeness (QED) is 0.874. The maximum absolute atomic E-state index is 6.33. The Kier molecular flexibility index (Phi) is 4.55. The highest BCUT2D eigenvalue weighted by Crippen LogP contribution is 2.30. The normalized spacial score (nSPS) is 18.5. The highest BCUT2D eigenvalue weighted by atomic mass is 35.5.